The Kier molecular flexibility index (Phi) is 4.19. The topological polar surface area (TPSA) is 68.3 Å². The van der Waals surface area contributed by atoms with Crippen LogP contribution in [0.3, 0.4) is 0 Å². The van der Waals surface area contributed by atoms with Gasteiger partial charge in [-0.05, 0) is 19.1 Å². The first-order chi connectivity index (χ1) is 13.1. The van der Waals surface area contributed by atoms with Crippen molar-refractivity contribution in [2.24, 2.45) is 7.05 Å². The molecule has 0 bridgehead atoms. The lowest BCUT2D eigenvalue weighted by Crippen LogP contribution is -2.26. The summed E-state index contributed by atoms with van der Waals surface area (Å²) in [4.78, 5) is 19.0. The molecule has 0 aliphatic carbocycles. The van der Waals surface area contributed by atoms with Gasteiger partial charge in [0.15, 0.2) is 11.5 Å². The highest BCUT2D eigenvalue weighted by molar-refractivity contribution is 6.00. The molecule has 1 amide bonds. The molecule has 0 N–H and O–H groups in total. The second-order valence-electron chi connectivity index (χ2n) is 6.37. The summed E-state index contributed by atoms with van der Waals surface area (Å²) in [7, 11) is 3.62. The van der Waals surface area contributed by atoms with Crippen LogP contribution in [-0.4, -0.2) is 48.8 Å². The highest BCUT2D eigenvalue weighted by atomic mass is 16.2. The molecule has 0 fully saturated rings. The Morgan fingerprint density at radius 1 is 1.15 bits per heavy atom. The fourth-order valence-corrected chi connectivity index (χ4v) is 3.02. The lowest BCUT2D eigenvalue weighted by Gasteiger charge is -2.14. The monoisotopic (exact) mass is 360 g/mol. The molecule has 4 rings (SSSR count). The molecular weight excluding hydrogens is 340 g/mol. The Bertz CT molecular complexity index is 1110. The van der Waals surface area contributed by atoms with Gasteiger partial charge in [-0.3, -0.25) is 9.48 Å². The Labute approximate surface area is 156 Å². The van der Waals surface area contributed by atoms with Gasteiger partial charge in [0.05, 0.1) is 17.5 Å². The SMILES string of the molecule is CCN(C)C(=O)c1cnn(C)c1-c1ccn2nc(-c3ccccc3)nc2c1. The van der Waals surface area contributed by atoms with E-state index < -0.39 is 0 Å². The molecule has 3 aromatic heterocycles. The van der Waals surface area contributed by atoms with Crippen molar-refractivity contribution in [2.45, 2.75) is 6.92 Å². The van der Waals surface area contributed by atoms with Crippen LogP contribution in [0, 0.1) is 0 Å². The summed E-state index contributed by atoms with van der Waals surface area (Å²) >= 11 is 0. The zero-order chi connectivity index (χ0) is 19.0. The first-order valence-electron chi connectivity index (χ1n) is 8.78. The lowest BCUT2D eigenvalue weighted by atomic mass is 10.1. The van der Waals surface area contributed by atoms with Gasteiger partial charge in [-0.15, -0.1) is 5.10 Å². The van der Waals surface area contributed by atoms with Gasteiger partial charge in [0.25, 0.3) is 5.91 Å². The number of rotatable bonds is 4. The van der Waals surface area contributed by atoms with E-state index >= 15 is 0 Å². The van der Waals surface area contributed by atoms with Gasteiger partial charge in [-0.2, -0.15) is 5.10 Å². The van der Waals surface area contributed by atoms with Crippen molar-refractivity contribution in [3.63, 3.8) is 0 Å². The molecule has 0 saturated heterocycles. The van der Waals surface area contributed by atoms with Crippen LogP contribution in [0.1, 0.15) is 17.3 Å². The van der Waals surface area contributed by atoms with Crippen molar-refractivity contribution in [3.8, 4) is 22.6 Å². The number of hydrogen-bond donors (Lipinski definition) is 0. The summed E-state index contributed by atoms with van der Waals surface area (Å²) in [6.07, 6.45) is 3.47. The Morgan fingerprint density at radius 2 is 1.93 bits per heavy atom. The fraction of sp³-hybridized carbons (Fsp3) is 0.200. The average molecular weight is 360 g/mol. The van der Waals surface area contributed by atoms with E-state index in [4.69, 9.17) is 0 Å². The van der Waals surface area contributed by atoms with Crippen LogP contribution in [0.5, 0.6) is 0 Å². The van der Waals surface area contributed by atoms with Crippen molar-refractivity contribution in [2.75, 3.05) is 13.6 Å². The molecule has 0 radical (unpaired) electrons. The van der Waals surface area contributed by atoms with Crippen LogP contribution < -0.4 is 0 Å². The molecule has 3 heterocycles. The lowest BCUT2D eigenvalue weighted by molar-refractivity contribution is 0.0803. The number of carbonyl (C=O) groups is 1. The second-order valence-corrected chi connectivity index (χ2v) is 6.37. The largest absolute Gasteiger partial charge is 0.342 e. The van der Waals surface area contributed by atoms with Gasteiger partial charge < -0.3 is 4.90 Å². The number of aryl methyl sites for hydroxylation is 1. The smallest absolute Gasteiger partial charge is 0.257 e. The third kappa shape index (κ3) is 2.97. The molecule has 27 heavy (non-hydrogen) atoms. The first kappa shape index (κ1) is 17.0. The van der Waals surface area contributed by atoms with E-state index in [2.05, 4.69) is 15.2 Å². The number of carbonyl (C=O) groups excluding carboxylic acids is 1. The third-order valence-electron chi connectivity index (χ3n) is 4.63. The predicted octanol–water partition coefficient (Wildman–Crippen LogP) is 2.89. The molecule has 0 aliphatic rings. The zero-order valence-electron chi connectivity index (χ0n) is 15.5. The molecule has 136 valence electrons. The molecule has 0 saturated carbocycles. The van der Waals surface area contributed by atoms with Crippen molar-refractivity contribution < 1.29 is 4.79 Å². The predicted molar refractivity (Wildman–Crippen MR) is 103 cm³/mol. The number of benzene rings is 1. The standard InChI is InChI=1S/C20H20N6O/c1-4-24(2)20(27)16-13-21-25(3)18(16)15-10-11-26-17(12-15)22-19(23-26)14-8-6-5-7-9-14/h5-13H,4H2,1-3H3. The number of nitrogens with zero attached hydrogens (tertiary/aromatic N) is 6. The minimum Gasteiger partial charge on any atom is -0.342 e. The Morgan fingerprint density at radius 3 is 2.67 bits per heavy atom. The highest BCUT2D eigenvalue weighted by Crippen LogP contribution is 2.26. The van der Waals surface area contributed by atoms with Crippen LogP contribution >= 0.6 is 0 Å². The quantitative estimate of drug-likeness (QED) is 0.561. The summed E-state index contributed by atoms with van der Waals surface area (Å²) in [5.74, 6) is 0.617. The maximum absolute atomic E-state index is 12.7. The molecule has 4 aromatic rings. The molecular formula is C20H20N6O. The van der Waals surface area contributed by atoms with Gasteiger partial charge >= 0.3 is 0 Å². The van der Waals surface area contributed by atoms with Crippen LogP contribution in [0.2, 0.25) is 0 Å². The zero-order valence-corrected chi connectivity index (χ0v) is 15.5. The summed E-state index contributed by atoms with van der Waals surface area (Å²) in [6, 6.07) is 13.7. The summed E-state index contributed by atoms with van der Waals surface area (Å²) in [5, 5.41) is 8.82. The molecule has 0 spiro atoms. The summed E-state index contributed by atoms with van der Waals surface area (Å²) in [6.45, 7) is 2.58. The van der Waals surface area contributed by atoms with Gasteiger partial charge in [0, 0.05) is 38.0 Å². The van der Waals surface area contributed by atoms with Crippen molar-refractivity contribution >= 4 is 11.6 Å². The number of hydrogen-bond acceptors (Lipinski definition) is 4. The summed E-state index contributed by atoms with van der Waals surface area (Å²) in [5.41, 5.74) is 3.90. The third-order valence-corrected chi connectivity index (χ3v) is 4.63. The van der Waals surface area contributed by atoms with Crippen molar-refractivity contribution in [3.05, 3.63) is 60.4 Å². The first-order valence-corrected chi connectivity index (χ1v) is 8.78. The van der Waals surface area contributed by atoms with Gasteiger partial charge in [-0.25, -0.2) is 9.50 Å². The molecule has 7 nitrogen and oxygen atoms in total. The van der Waals surface area contributed by atoms with E-state index in [0.29, 0.717) is 17.9 Å². The molecule has 0 atom stereocenters. The van der Waals surface area contributed by atoms with Gasteiger partial charge in [0.1, 0.15) is 0 Å². The average Bonchev–Trinajstić information content (AvgIpc) is 3.30. The van der Waals surface area contributed by atoms with Crippen LogP contribution in [0.4, 0.5) is 0 Å². The van der Waals surface area contributed by atoms with E-state index in [9.17, 15) is 4.79 Å². The maximum Gasteiger partial charge on any atom is 0.257 e. The van der Waals surface area contributed by atoms with Crippen molar-refractivity contribution in [1.82, 2.24) is 29.3 Å². The highest BCUT2D eigenvalue weighted by Gasteiger charge is 2.20. The van der Waals surface area contributed by atoms with Gasteiger partial charge in [-0.1, -0.05) is 30.3 Å². The normalized spacial score (nSPS) is 11.1. The maximum atomic E-state index is 12.7. The van der Waals surface area contributed by atoms with E-state index in [1.807, 2.05) is 62.6 Å². The van der Waals surface area contributed by atoms with Crippen LogP contribution in [0.25, 0.3) is 28.3 Å². The number of pyridine rings is 1. The minimum atomic E-state index is -0.0492. The molecule has 1 aromatic carbocycles. The fourth-order valence-electron chi connectivity index (χ4n) is 3.02. The van der Waals surface area contributed by atoms with Gasteiger partial charge in [0.2, 0.25) is 0 Å². The van der Waals surface area contributed by atoms with E-state index in [1.54, 1.807) is 27.3 Å². The molecule has 0 unspecified atom stereocenters. The number of aromatic nitrogens is 5. The van der Waals surface area contributed by atoms with Crippen molar-refractivity contribution in [1.29, 1.82) is 0 Å². The number of fused-ring (bicyclic) bond motifs is 1. The summed E-state index contributed by atoms with van der Waals surface area (Å²) < 4.78 is 3.46. The Hall–Kier alpha value is -3.48. The van der Waals surface area contributed by atoms with E-state index in [-0.39, 0.29) is 5.91 Å². The van der Waals surface area contributed by atoms with E-state index in [0.717, 1.165) is 22.5 Å². The Balaban J connectivity index is 1.80. The molecule has 0 aliphatic heterocycles. The number of amides is 1. The van der Waals surface area contributed by atoms with Crippen LogP contribution in [-0.2, 0) is 7.05 Å². The van der Waals surface area contributed by atoms with E-state index in [1.165, 1.54) is 0 Å². The van der Waals surface area contributed by atoms with Crippen LogP contribution in [0.15, 0.2) is 54.9 Å². The second kappa shape index (κ2) is 6.68. The minimum absolute atomic E-state index is 0.0492. The molecule has 7 heteroatoms.